The van der Waals surface area contributed by atoms with Gasteiger partial charge in [-0.3, -0.25) is 4.79 Å². The van der Waals surface area contributed by atoms with E-state index in [1.807, 2.05) is 0 Å². The average molecular weight is 658 g/mol. The summed E-state index contributed by atoms with van der Waals surface area (Å²) in [5, 5.41) is 17.9. The molecule has 0 fully saturated rings. The highest BCUT2D eigenvalue weighted by molar-refractivity contribution is 7.90. The van der Waals surface area contributed by atoms with E-state index < -0.39 is 34.4 Å². The number of aliphatic hydroxyl groups excluding tert-OH is 1. The molecule has 0 saturated heterocycles. The van der Waals surface area contributed by atoms with E-state index in [2.05, 4.69) is 20.0 Å². The summed E-state index contributed by atoms with van der Waals surface area (Å²) in [6.45, 7) is 4.36. The topological polar surface area (TPSA) is 129 Å². The SMILES string of the molecule is Cc1nc(C(=O)C(C)C)cn1-c1ccc(-c2cc(F)c(CO)c(S(C)(=O)=O)c2)cc1-n1nncc1-c1ccc(OC(F)(F)F)cc1. The molecule has 46 heavy (non-hydrogen) atoms. The number of hydrogen-bond acceptors (Lipinski definition) is 8. The molecule has 0 amide bonds. The summed E-state index contributed by atoms with van der Waals surface area (Å²) in [6.07, 6.45) is -1.01. The molecule has 0 spiro atoms. The Morgan fingerprint density at radius 1 is 1.00 bits per heavy atom. The van der Waals surface area contributed by atoms with Crippen LogP contribution in [0, 0.1) is 18.7 Å². The second-order valence-corrected chi connectivity index (χ2v) is 12.7. The van der Waals surface area contributed by atoms with Gasteiger partial charge in [0, 0.05) is 29.5 Å². The lowest BCUT2D eigenvalue weighted by Crippen LogP contribution is -2.16. The van der Waals surface area contributed by atoms with Gasteiger partial charge in [-0.15, -0.1) is 18.3 Å². The maximum Gasteiger partial charge on any atom is 0.573 e. The number of carbonyl (C=O) groups is 1. The van der Waals surface area contributed by atoms with Gasteiger partial charge >= 0.3 is 6.36 Å². The number of halogens is 4. The van der Waals surface area contributed by atoms with Gasteiger partial charge < -0.3 is 14.4 Å². The molecule has 1 N–H and O–H groups in total. The molecule has 0 saturated carbocycles. The number of nitrogens with zero attached hydrogens (tertiary/aromatic N) is 5. The van der Waals surface area contributed by atoms with Gasteiger partial charge in [-0.25, -0.2) is 22.5 Å². The third-order valence-electron chi connectivity index (χ3n) is 7.10. The lowest BCUT2D eigenvalue weighted by Gasteiger charge is -2.17. The number of imidazole rings is 1. The van der Waals surface area contributed by atoms with Crippen molar-refractivity contribution in [3.8, 4) is 39.5 Å². The molecule has 0 bridgehead atoms. The van der Waals surface area contributed by atoms with Crippen LogP contribution in [0.25, 0.3) is 33.8 Å². The molecular weight excluding hydrogens is 630 g/mol. The summed E-state index contributed by atoms with van der Waals surface area (Å²) in [4.78, 5) is 16.8. The highest BCUT2D eigenvalue weighted by Gasteiger charge is 2.31. The molecular formula is C31H27F4N5O5S. The predicted molar refractivity (Wildman–Crippen MR) is 159 cm³/mol. The number of ether oxygens (including phenoxy) is 1. The summed E-state index contributed by atoms with van der Waals surface area (Å²) in [5.41, 5.74) is 1.96. The van der Waals surface area contributed by atoms with Crippen molar-refractivity contribution in [3.05, 3.63) is 89.9 Å². The summed E-state index contributed by atoms with van der Waals surface area (Å²) < 4.78 is 85.2. The molecule has 10 nitrogen and oxygen atoms in total. The lowest BCUT2D eigenvalue weighted by molar-refractivity contribution is -0.274. The highest BCUT2D eigenvalue weighted by Crippen LogP contribution is 2.34. The zero-order chi connectivity index (χ0) is 33.6. The zero-order valence-corrected chi connectivity index (χ0v) is 25.7. The smallest absolute Gasteiger partial charge is 0.406 e. The van der Waals surface area contributed by atoms with Crippen LogP contribution in [0.15, 0.2) is 71.9 Å². The Hall–Kier alpha value is -4.89. The molecule has 3 aromatic carbocycles. The first-order chi connectivity index (χ1) is 21.6. The molecule has 15 heteroatoms. The molecule has 0 radical (unpaired) electrons. The Labute approximate surface area is 260 Å². The van der Waals surface area contributed by atoms with E-state index in [-0.39, 0.29) is 33.4 Å². The summed E-state index contributed by atoms with van der Waals surface area (Å²) in [7, 11) is -3.93. The quantitative estimate of drug-likeness (QED) is 0.154. The Balaban J connectivity index is 1.72. The van der Waals surface area contributed by atoms with Gasteiger partial charge in [-0.1, -0.05) is 25.1 Å². The second kappa shape index (κ2) is 12.1. The van der Waals surface area contributed by atoms with Gasteiger partial charge in [0.25, 0.3) is 0 Å². The van der Waals surface area contributed by atoms with Gasteiger partial charge in [-0.2, -0.15) is 0 Å². The molecule has 0 unspecified atom stereocenters. The minimum absolute atomic E-state index is 0.177. The van der Waals surface area contributed by atoms with E-state index in [0.29, 0.717) is 34.0 Å². The van der Waals surface area contributed by atoms with E-state index in [9.17, 15) is 31.5 Å². The van der Waals surface area contributed by atoms with Gasteiger partial charge in [0.2, 0.25) is 0 Å². The number of rotatable bonds is 9. The highest BCUT2D eigenvalue weighted by atomic mass is 32.2. The van der Waals surface area contributed by atoms with E-state index in [1.165, 1.54) is 29.1 Å². The third kappa shape index (κ3) is 6.55. The normalized spacial score (nSPS) is 12.1. The molecule has 0 aliphatic carbocycles. The molecule has 5 rings (SSSR count). The van der Waals surface area contributed by atoms with Gasteiger partial charge in [0.1, 0.15) is 23.1 Å². The Kier molecular flexibility index (Phi) is 8.57. The fraction of sp³-hybridized carbons (Fsp3) is 0.226. The Bertz CT molecular complexity index is 2050. The van der Waals surface area contributed by atoms with Crippen LogP contribution in [0.2, 0.25) is 0 Å². The van der Waals surface area contributed by atoms with Crippen molar-refractivity contribution in [2.24, 2.45) is 5.92 Å². The number of benzene rings is 3. The number of alkyl halides is 3. The number of Topliss-reactive ketones (excluding diaryl/α,β-unsaturated/α-hetero) is 1. The summed E-state index contributed by atoms with van der Waals surface area (Å²) in [6, 6.07) is 12.3. The average Bonchev–Trinajstić information content (AvgIpc) is 3.62. The number of aryl methyl sites for hydroxylation is 1. The Morgan fingerprint density at radius 2 is 1.67 bits per heavy atom. The number of aromatic nitrogens is 5. The van der Waals surface area contributed by atoms with Crippen LogP contribution in [0.1, 0.15) is 35.7 Å². The first-order valence-electron chi connectivity index (χ1n) is 13.7. The van der Waals surface area contributed by atoms with Gasteiger partial charge in [-0.05, 0) is 66.6 Å². The number of carbonyl (C=O) groups excluding carboxylic acids is 1. The minimum Gasteiger partial charge on any atom is -0.406 e. The van der Waals surface area contributed by atoms with E-state index in [4.69, 9.17) is 0 Å². The van der Waals surface area contributed by atoms with Gasteiger partial charge in [0.05, 0.1) is 34.8 Å². The third-order valence-corrected chi connectivity index (χ3v) is 8.26. The number of hydrogen-bond donors (Lipinski definition) is 1. The monoisotopic (exact) mass is 657 g/mol. The molecule has 0 atom stereocenters. The van der Waals surface area contributed by atoms with E-state index in [0.717, 1.165) is 24.5 Å². The van der Waals surface area contributed by atoms with Crippen LogP contribution in [-0.2, 0) is 16.4 Å². The standard InChI is InChI=1S/C31H27F4N5O5S/c1-17(2)30(42)25-15-39(18(3)37-25)26-10-7-20(21-11-24(32)23(16-41)29(13-21)46(4,43)44)12-27(26)40-28(14-36-38-40)19-5-8-22(9-6-19)45-31(33,34)35/h5-15,17,41H,16H2,1-4H3. The largest absolute Gasteiger partial charge is 0.573 e. The van der Waals surface area contributed by atoms with Crippen LogP contribution in [0.4, 0.5) is 17.6 Å². The van der Waals surface area contributed by atoms with E-state index in [1.54, 1.807) is 49.7 Å². The molecule has 2 heterocycles. The fourth-order valence-electron chi connectivity index (χ4n) is 4.91. The predicted octanol–water partition coefficient (Wildman–Crippen LogP) is 5.87. The van der Waals surface area contributed by atoms with Crippen LogP contribution in [0.3, 0.4) is 0 Å². The van der Waals surface area contributed by atoms with Crippen LogP contribution in [0.5, 0.6) is 5.75 Å². The summed E-state index contributed by atoms with van der Waals surface area (Å²) >= 11 is 0. The second-order valence-electron chi connectivity index (χ2n) is 10.7. The molecule has 240 valence electrons. The van der Waals surface area contributed by atoms with Crippen molar-refractivity contribution >= 4 is 15.6 Å². The van der Waals surface area contributed by atoms with Crippen LogP contribution in [-0.4, -0.2) is 56.5 Å². The van der Waals surface area contributed by atoms with Crippen molar-refractivity contribution in [2.75, 3.05) is 6.26 Å². The van der Waals surface area contributed by atoms with Gasteiger partial charge in [0.15, 0.2) is 15.6 Å². The van der Waals surface area contributed by atoms with E-state index >= 15 is 4.39 Å². The molecule has 0 aliphatic heterocycles. The first-order valence-corrected chi connectivity index (χ1v) is 15.6. The molecule has 5 aromatic rings. The maximum absolute atomic E-state index is 15.1. The number of ketones is 1. The van der Waals surface area contributed by atoms with Crippen LogP contribution < -0.4 is 4.74 Å². The lowest BCUT2D eigenvalue weighted by atomic mass is 10.0. The molecule has 0 aliphatic rings. The first kappa shape index (κ1) is 32.5. The van der Waals surface area contributed by atoms with Crippen molar-refractivity contribution in [2.45, 2.75) is 38.6 Å². The molecule has 2 aromatic heterocycles. The number of aliphatic hydroxyl groups is 1. The Morgan fingerprint density at radius 3 is 2.28 bits per heavy atom. The zero-order valence-electron chi connectivity index (χ0n) is 24.9. The van der Waals surface area contributed by atoms with Crippen molar-refractivity contribution in [3.63, 3.8) is 0 Å². The van der Waals surface area contributed by atoms with Crippen molar-refractivity contribution in [1.82, 2.24) is 24.5 Å². The summed E-state index contributed by atoms with van der Waals surface area (Å²) in [5.74, 6) is -1.40. The maximum atomic E-state index is 15.1. The van der Waals surface area contributed by atoms with Crippen molar-refractivity contribution < 1.29 is 40.6 Å². The van der Waals surface area contributed by atoms with Crippen LogP contribution >= 0.6 is 0 Å². The minimum atomic E-state index is -4.87. The number of sulfone groups is 1. The fourth-order valence-corrected chi connectivity index (χ4v) is 5.86. The van der Waals surface area contributed by atoms with Crippen molar-refractivity contribution in [1.29, 1.82) is 0 Å².